The average Bonchev–Trinajstić information content (AvgIpc) is 2.96. The molecule has 1 heterocycles. The largest absolute Gasteiger partial charge is 0.370 e. The molecule has 0 radical (unpaired) electrons. The van der Waals surface area contributed by atoms with Gasteiger partial charge in [-0.25, -0.2) is 4.39 Å². The summed E-state index contributed by atoms with van der Waals surface area (Å²) in [6.45, 7) is 4.10. The SMILES string of the molecule is CCC1OC1CC(C)c1c(F)cccc1Cl. The fourth-order valence-electron chi connectivity index (χ4n) is 2.19. The fraction of sp³-hybridized carbons (Fsp3) is 0.538. The Kier molecular flexibility index (Phi) is 3.50. The highest BCUT2D eigenvalue weighted by Gasteiger charge is 2.38. The molecule has 2 rings (SSSR count). The fourth-order valence-corrected chi connectivity index (χ4v) is 2.54. The summed E-state index contributed by atoms with van der Waals surface area (Å²) in [4.78, 5) is 0. The molecule has 88 valence electrons. The molecule has 1 nitrogen and oxygen atoms in total. The third-order valence-electron chi connectivity index (χ3n) is 3.17. The molecule has 1 aliphatic rings. The summed E-state index contributed by atoms with van der Waals surface area (Å²) >= 11 is 6.02. The van der Waals surface area contributed by atoms with Crippen LogP contribution in [0, 0.1) is 5.82 Å². The zero-order valence-corrected chi connectivity index (χ0v) is 10.3. The van der Waals surface area contributed by atoms with Crippen LogP contribution in [0.2, 0.25) is 5.02 Å². The number of ether oxygens (including phenoxy) is 1. The summed E-state index contributed by atoms with van der Waals surface area (Å²) in [7, 11) is 0. The maximum atomic E-state index is 13.6. The summed E-state index contributed by atoms with van der Waals surface area (Å²) in [5.74, 6) is -0.107. The quantitative estimate of drug-likeness (QED) is 0.723. The molecule has 0 aromatic heterocycles. The first-order valence-electron chi connectivity index (χ1n) is 5.72. The Morgan fingerprint density at radius 2 is 2.19 bits per heavy atom. The van der Waals surface area contributed by atoms with Crippen LogP contribution >= 0.6 is 11.6 Å². The van der Waals surface area contributed by atoms with Crippen LogP contribution in [-0.4, -0.2) is 12.2 Å². The first-order chi connectivity index (χ1) is 7.63. The first kappa shape index (κ1) is 11.9. The molecular formula is C13H16ClFO. The van der Waals surface area contributed by atoms with Gasteiger partial charge in [0.1, 0.15) is 5.82 Å². The summed E-state index contributed by atoms with van der Waals surface area (Å²) in [6, 6.07) is 4.83. The van der Waals surface area contributed by atoms with E-state index in [9.17, 15) is 4.39 Å². The number of epoxide rings is 1. The number of hydrogen-bond acceptors (Lipinski definition) is 1. The molecule has 1 aromatic rings. The van der Waals surface area contributed by atoms with Gasteiger partial charge in [-0.15, -0.1) is 0 Å². The zero-order chi connectivity index (χ0) is 11.7. The Morgan fingerprint density at radius 1 is 1.44 bits per heavy atom. The predicted octanol–water partition coefficient (Wildman–Crippen LogP) is 4.15. The highest BCUT2D eigenvalue weighted by Crippen LogP contribution is 2.37. The molecule has 3 atom stereocenters. The Labute approximate surface area is 101 Å². The van der Waals surface area contributed by atoms with Crippen LogP contribution < -0.4 is 0 Å². The summed E-state index contributed by atoms with van der Waals surface area (Å²) in [5.41, 5.74) is 0.620. The number of benzene rings is 1. The molecular weight excluding hydrogens is 227 g/mol. The summed E-state index contributed by atoms with van der Waals surface area (Å²) < 4.78 is 19.1. The van der Waals surface area contributed by atoms with Gasteiger partial charge in [-0.3, -0.25) is 0 Å². The Morgan fingerprint density at radius 3 is 2.75 bits per heavy atom. The monoisotopic (exact) mass is 242 g/mol. The lowest BCUT2D eigenvalue weighted by atomic mass is 9.94. The number of rotatable bonds is 4. The van der Waals surface area contributed by atoms with Gasteiger partial charge in [0.15, 0.2) is 0 Å². The van der Waals surface area contributed by atoms with E-state index in [0.717, 1.165) is 12.8 Å². The molecule has 1 saturated heterocycles. The Balaban J connectivity index is 2.06. The molecule has 0 aliphatic carbocycles. The second-order valence-corrected chi connectivity index (χ2v) is 4.80. The van der Waals surface area contributed by atoms with Gasteiger partial charge in [0, 0.05) is 10.6 Å². The minimum atomic E-state index is -0.214. The van der Waals surface area contributed by atoms with E-state index in [1.807, 2.05) is 6.92 Å². The van der Waals surface area contributed by atoms with Crippen molar-refractivity contribution < 1.29 is 9.13 Å². The van der Waals surface area contributed by atoms with Crippen molar-refractivity contribution in [1.82, 2.24) is 0 Å². The summed E-state index contributed by atoms with van der Waals surface area (Å²) in [5, 5.41) is 0.515. The minimum absolute atomic E-state index is 0.107. The van der Waals surface area contributed by atoms with Crippen molar-refractivity contribution in [1.29, 1.82) is 0 Å². The molecule has 1 fully saturated rings. The van der Waals surface area contributed by atoms with E-state index in [2.05, 4.69) is 6.92 Å². The van der Waals surface area contributed by atoms with E-state index in [1.165, 1.54) is 6.07 Å². The molecule has 0 amide bonds. The maximum absolute atomic E-state index is 13.6. The van der Waals surface area contributed by atoms with Crippen molar-refractivity contribution in [2.75, 3.05) is 0 Å². The van der Waals surface area contributed by atoms with E-state index >= 15 is 0 Å². The van der Waals surface area contributed by atoms with Crippen LogP contribution in [0.4, 0.5) is 4.39 Å². The zero-order valence-electron chi connectivity index (χ0n) is 9.54. The van der Waals surface area contributed by atoms with Crippen LogP contribution in [0.25, 0.3) is 0 Å². The van der Waals surface area contributed by atoms with Gasteiger partial charge in [-0.05, 0) is 30.9 Å². The Hall–Kier alpha value is -0.600. The van der Waals surface area contributed by atoms with Crippen molar-refractivity contribution in [3.05, 3.63) is 34.6 Å². The number of hydrogen-bond donors (Lipinski definition) is 0. The standard InChI is InChI=1S/C13H16ClFO/c1-3-11-12(16-11)7-8(2)13-9(14)5-4-6-10(13)15/h4-6,8,11-12H,3,7H2,1-2H3. The molecule has 0 N–H and O–H groups in total. The van der Waals surface area contributed by atoms with Gasteiger partial charge in [0.25, 0.3) is 0 Å². The molecule has 3 heteroatoms. The topological polar surface area (TPSA) is 12.5 Å². The second kappa shape index (κ2) is 4.72. The average molecular weight is 243 g/mol. The smallest absolute Gasteiger partial charge is 0.128 e. The molecule has 16 heavy (non-hydrogen) atoms. The van der Waals surface area contributed by atoms with Crippen molar-refractivity contribution in [2.24, 2.45) is 0 Å². The molecule has 1 aromatic carbocycles. The van der Waals surface area contributed by atoms with Crippen molar-refractivity contribution in [2.45, 2.75) is 44.8 Å². The highest BCUT2D eigenvalue weighted by atomic mass is 35.5. The third kappa shape index (κ3) is 2.38. The van der Waals surface area contributed by atoms with Gasteiger partial charge in [0.2, 0.25) is 0 Å². The van der Waals surface area contributed by atoms with E-state index in [1.54, 1.807) is 12.1 Å². The van der Waals surface area contributed by atoms with Crippen LogP contribution in [0.1, 0.15) is 38.2 Å². The lowest BCUT2D eigenvalue weighted by molar-refractivity contribution is 0.352. The van der Waals surface area contributed by atoms with Crippen LogP contribution in [0.5, 0.6) is 0 Å². The van der Waals surface area contributed by atoms with Gasteiger partial charge in [-0.2, -0.15) is 0 Å². The van der Waals surface area contributed by atoms with Crippen molar-refractivity contribution in [3.8, 4) is 0 Å². The maximum Gasteiger partial charge on any atom is 0.128 e. The van der Waals surface area contributed by atoms with Gasteiger partial charge >= 0.3 is 0 Å². The second-order valence-electron chi connectivity index (χ2n) is 4.39. The van der Waals surface area contributed by atoms with Crippen LogP contribution in [0.3, 0.4) is 0 Å². The van der Waals surface area contributed by atoms with Gasteiger partial charge in [0.05, 0.1) is 12.2 Å². The highest BCUT2D eigenvalue weighted by molar-refractivity contribution is 6.31. The lowest BCUT2D eigenvalue weighted by Crippen LogP contribution is -2.04. The van der Waals surface area contributed by atoms with E-state index in [-0.39, 0.29) is 17.8 Å². The van der Waals surface area contributed by atoms with Gasteiger partial charge < -0.3 is 4.74 Å². The van der Waals surface area contributed by atoms with Crippen LogP contribution in [-0.2, 0) is 4.74 Å². The van der Waals surface area contributed by atoms with E-state index in [4.69, 9.17) is 16.3 Å². The van der Waals surface area contributed by atoms with Crippen LogP contribution in [0.15, 0.2) is 18.2 Å². The van der Waals surface area contributed by atoms with E-state index in [0.29, 0.717) is 16.7 Å². The predicted molar refractivity (Wildman–Crippen MR) is 63.4 cm³/mol. The third-order valence-corrected chi connectivity index (χ3v) is 3.50. The molecule has 1 aliphatic heterocycles. The normalized spacial score (nSPS) is 25.5. The van der Waals surface area contributed by atoms with Gasteiger partial charge in [-0.1, -0.05) is 31.5 Å². The Bertz CT molecular complexity index is 360. The van der Waals surface area contributed by atoms with Crippen molar-refractivity contribution in [3.63, 3.8) is 0 Å². The first-order valence-corrected chi connectivity index (χ1v) is 6.10. The number of halogens is 2. The molecule has 3 unspecified atom stereocenters. The molecule has 0 saturated carbocycles. The molecule has 0 spiro atoms. The summed E-state index contributed by atoms with van der Waals surface area (Å²) in [6.07, 6.45) is 2.53. The van der Waals surface area contributed by atoms with Crippen molar-refractivity contribution >= 4 is 11.6 Å². The molecule has 0 bridgehead atoms. The van der Waals surface area contributed by atoms with E-state index < -0.39 is 0 Å². The minimum Gasteiger partial charge on any atom is -0.370 e. The lowest BCUT2D eigenvalue weighted by Gasteiger charge is -2.13.